The Bertz CT molecular complexity index is 410. The summed E-state index contributed by atoms with van der Waals surface area (Å²) in [6.45, 7) is 2.29. The molecule has 2 rings (SSSR count). The van der Waals surface area contributed by atoms with E-state index in [1.165, 1.54) is 24.8 Å². The summed E-state index contributed by atoms with van der Waals surface area (Å²) >= 11 is 0. The third-order valence-electron chi connectivity index (χ3n) is 4.20. The summed E-state index contributed by atoms with van der Waals surface area (Å²) in [4.78, 5) is 12.2. The first-order valence-corrected chi connectivity index (χ1v) is 7.25. The zero-order chi connectivity index (χ0) is 13.7. The lowest BCUT2D eigenvalue weighted by atomic mass is 9.76. The summed E-state index contributed by atoms with van der Waals surface area (Å²) in [6.07, 6.45) is 5.66. The van der Waals surface area contributed by atoms with E-state index < -0.39 is 0 Å². The van der Waals surface area contributed by atoms with Crippen molar-refractivity contribution in [3.8, 4) is 0 Å². The third kappa shape index (κ3) is 3.16. The fraction of sp³-hybridized carbons (Fsp3) is 0.562. The standard InChI is InChI=1S/C16H24N2O/c1-13(12-17)15(19)18-16(10-6-3-7-11-16)14-8-4-2-5-9-14/h2,4-5,8-9,13H,3,6-7,10-12,17H2,1H3,(H,18,19). The summed E-state index contributed by atoms with van der Waals surface area (Å²) < 4.78 is 0. The van der Waals surface area contributed by atoms with Crippen LogP contribution in [0.15, 0.2) is 30.3 Å². The smallest absolute Gasteiger partial charge is 0.224 e. The maximum absolute atomic E-state index is 12.2. The Hall–Kier alpha value is -1.35. The molecular formula is C16H24N2O. The lowest BCUT2D eigenvalue weighted by Crippen LogP contribution is -2.49. The summed E-state index contributed by atoms with van der Waals surface area (Å²) in [5, 5.41) is 3.28. The molecule has 0 bridgehead atoms. The van der Waals surface area contributed by atoms with Crippen LogP contribution in [0, 0.1) is 5.92 Å². The number of carbonyl (C=O) groups excluding carboxylic acids is 1. The summed E-state index contributed by atoms with van der Waals surface area (Å²) in [5.41, 5.74) is 6.65. The molecule has 1 saturated carbocycles. The number of rotatable bonds is 4. The van der Waals surface area contributed by atoms with Gasteiger partial charge in [-0.3, -0.25) is 4.79 Å². The van der Waals surface area contributed by atoms with Crippen molar-refractivity contribution in [3.63, 3.8) is 0 Å². The first-order valence-electron chi connectivity index (χ1n) is 7.25. The molecule has 3 nitrogen and oxygen atoms in total. The highest BCUT2D eigenvalue weighted by molar-refractivity contribution is 5.79. The van der Waals surface area contributed by atoms with Crippen LogP contribution in [0.5, 0.6) is 0 Å². The van der Waals surface area contributed by atoms with Crippen molar-refractivity contribution in [1.82, 2.24) is 5.32 Å². The Morgan fingerprint density at radius 2 is 1.89 bits per heavy atom. The van der Waals surface area contributed by atoms with Crippen LogP contribution in [0.25, 0.3) is 0 Å². The van der Waals surface area contributed by atoms with E-state index in [4.69, 9.17) is 5.73 Å². The van der Waals surface area contributed by atoms with Crippen molar-refractivity contribution in [3.05, 3.63) is 35.9 Å². The second kappa shape index (κ2) is 6.20. The first kappa shape index (κ1) is 14.1. The van der Waals surface area contributed by atoms with Gasteiger partial charge in [-0.05, 0) is 18.4 Å². The molecule has 104 valence electrons. The minimum Gasteiger partial charge on any atom is -0.346 e. The van der Waals surface area contributed by atoms with Crippen molar-refractivity contribution in [2.24, 2.45) is 11.7 Å². The molecule has 3 N–H and O–H groups in total. The molecule has 0 aliphatic heterocycles. The number of hydrogen-bond acceptors (Lipinski definition) is 2. The van der Waals surface area contributed by atoms with Gasteiger partial charge < -0.3 is 11.1 Å². The van der Waals surface area contributed by atoms with E-state index in [2.05, 4.69) is 17.4 Å². The maximum atomic E-state index is 12.2. The van der Waals surface area contributed by atoms with E-state index in [9.17, 15) is 4.79 Å². The van der Waals surface area contributed by atoms with Gasteiger partial charge in [0.25, 0.3) is 0 Å². The molecule has 0 heterocycles. The normalized spacial score (nSPS) is 19.7. The fourth-order valence-electron chi connectivity index (χ4n) is 2.86. The number of nitrogens with one attached hydrogen (secondary N) is 1. The van der Waals surface area contributed by atoms with Gasteiger partial charge in [-0.1, -0.05) is 56.5 Å². The molecule has 19 heavy (non-hydrogen) atoms. The van der Waals surface area contributed by atoms with E-state index in [0.29, 0.717) is 6.54 Å². The lowest BCUT2D eigenvalue weighted by molar-refractivity contribution is -0.126. The predicted molar refractivity (Wildman–Crippen MR) is 77.6 cm³/mol. The van der Waals surface area contributed by atoms with Gasteiger partial charge >= 0.3 is 0 Å². The van der Waals surface area contributed by atoms with Crippen LogP contribution in [-0.2, 0) is 10.3 Å². The van der Waals surface area contributed by atoms with Gasteiger partial charge in [0.15, 0.2) is 0 Å². The Morgan fingerprint density at radius 3 is 2.47 bits per heavy atom. The topological polar surface area (TPSA) is 55.1 Å². The van der Waals surface area contributed by atoms with E-state index in [-0.39, 0.29) is 17.4 Å². The first-order chi connectivity index (χ1) is 9.18. The number of hydrogen-bond donors (Lipinski definition) is 2. The van der Waals surface area contributed by atoms with Crippen LogP contribution >= 0.6 is 0 Å². The highest BCUT2D eigenvalue weighted by Crippen LogP contribution is 2.37. The molecular weight excluding hydrogens is 236 g/mol. The maximum Gasteiger partial charge on any atom is 0.224 e. The van der Waals surface area contributed by atoms with E-state index >= 15 is 0 Å². The highest BCUT2D eigenvalue weighted by Gasteiger charge is 2.35. The van der Waals surface area contributed by atoms with Crippen molar-refractivity contribution in [2.45, 2.75) is 44.6 Å². The van der Waals surface area contributed by atoms with Gasteiger partial charge in [0.05, 0.1) is 5.54 Å². The molecule has 1 amide bonds. The van der Waals surface area contributed by atoms with Crippen molar-refractivity contribution >= 4 is 5.91 Å². The molecule has 0 spiro atoms. The van der Waals surface area contributed by atoms with Crippen LogP contribution in [0.4, 0.5) is 0 Å². The number of nitrogens with two attached hydrogens (primary N) is 1. The molecule has 0 saturated heterocycles. The van der Waals surface area contributed by atoms with E-state index in [0.717, 1.165) is 12.8 Å². The predicted octanol–water partition coefficient (Wildman–Crippen LogP) is 2.56. The summed E-state index contributed by atoms with van der Waals surface area (Å²) in [6, 6.07) is 10.4. The van der Waals surface area contributed by atoms with Gasteiger partial charge in [-0.25, -0.2) is 0 Å². The van der Waals surface area contributed by atoms with Crippen molar-refractivity contribution in [2.75, 3.05) is 6.54 Å². The van der Waals surface area contributed by atoms with Crippen LogP contribution in [0.2, 0.25) is 0 Å². The number of benzene rings is 1. The molecule has 1 aromatic carbocycles. The molecule has 1 aliphatic rings. The fourth-order valence-corrected chi connectivity index (χ4v) is 2.86. The van der Waals surface area contributed by atoms with Gasteiger partial charge in [-0.2, -0.15) is 0 Å². The van der Waals surface area contributed by atoms with Gasteiger partial charge in [-0.15, -0.1) is 0 Å². The quantitative estimate of drug-likeness (QED) is 0.874. The Morgan fingerprint density at radius 1 is 1.26 bits per heavy atom. The molecule has 1 aliphatic carbocycles. The third-order valence-corrected chi connectivity index (χ3v) is 4.20. The van der Waals surface area contributed by atoms with E-state index in [1.54, 1.807) is 0 Å². The van der Waals surface area contributed by atoms with Crippen LogP contribution in [0.1, 0.15) is 44.6 Å². The second-order valence-electron chi connectivity index (χ2n) is 5.63. The highest BCUT2D eigenvalue weighted by atomic mass is 16.2. The second-order valence-corrected chi connectivity index (χ2v) is 5.63. The Kier molecular flexibility index (Phi) is 4.59. The average molecular weight is 260 g/mol. The minimum absolute atomic E-state index is 0.0771. The van der Waals surface area contributed by atoms with Crippen molar-refractivity contribution < 1.29 is 4.79 Å². The summed E-state index contributed by atoms with van der Waals surface area (Å²) in [7, 11) is 0. The van der Waals surface area contributed by atoms with Crippen molar-refractivity contribution in [1.29, 1.82) is 0 Å². The molecule has 3 heteroatoms. The summed E-state index contributed by atoms with van der Waals surface area (Å²) in [5.74, 6) is -0.0456. The average Bonchev–Trinajstić information content (AvgIpc) is 2.48. The SMILES string of the molecule is CC(CN)C(=O)NC1(c2ccccc2)CCCCC1. The Balaban J connectivity index is 2.23. The molecule has 1 unspecified atom stereocenters. The molecule has 1 aromatic rings. The Labute approximate surface area is 115 Å². The van der Waals surface area contributed by atoms with Crippen LogP contribution < -0.4 is 11.1 Å². The van der Waals surface area contributed by atoms with Crippen LogP contribution in [0.3, 0.4) is 0 Å². The molecule has 0 radical (unpaired) electrons. The largest absolute Gasteiger partial charge is 0.346 e. The monoisotopic (exact) mass is 260 g/mol. The lowest BCUT2D eigenvalue weighted by Gasteiger charge is -2.39. The molecule has 1 fully saturated rings. The zero-order valence-electron chi connectivity index (χ0n) is 11.7. The van der Waals surface area contributed by atoms with E-state index in [1.807, 2.05) is 25.1 Å². The number of carbonyl (C=O) groups is 1. The van der Waals surface area contributed by atoms with Crippen LogP contribution in [-0.4, -0.2) is 12.5 Å². The minimum atomic E-state index is -0.181. The molecule has 1 atom stereocenters. The zero-order valence-corrected chi connectivity index (χ0v) is 11.7. The number of amides is 1. The molecule has 0 aromatic heterocycles. The van der Waals surface area contributed by atoms with Gasteiger partial charge in [0.1, 0.15) is 0 Å². The van der Waals surface area contributed by atoms with Gasteiger partial charge in [0, 0.05) is 12.5 Å². The van der Waals surface area contributed by atoms with Gasteiger partial charge in [0.2, 0.25) is 5.91 Å².